The molecular formula is C12H7Cl2NO2. The van der Waals surface area contributed by atoms with E-state index in [2.05, 4.69) is 0 Å². The van der Waals surface area contributed by atoms with Crippen molar-refractivity contribution >= 4 is 28.9 Å². The normalized spacial score (nSPS) is 10.2. The van der Waals surface area contributed by atoms with E-state index in [9.17, 15) is 10.1 Å². The number of halogens is 2. The van der Waals surface area contributed by atoms with Gasteiger partial charge in [-0.05, 0) is 29.8 Å². The lowest BCUT2D eigenvalue weighted by Crippen LogP contribution is -1.91. The summed E-state index contributed by atoms with van der Waals surface area (Å²) in [6.45, 7) is 0. The molecule has 0 aliphatic heterocycles. The zero-order chi connectivity index (χ0) is 12.4. The lowest BCUT2D eigenvalue weighted by atomic mass is 10.0. The van der Waals surface area contributed by atoms with E-state index in [1.54, 1.807) is 30.3 Å². The summed E-state index contributed by atoms with van der Waals surface area (Å²) < 4.78 is 0. The maximum absolute atomic E-state index is 10.9. The van der Waals surface area contributed by atoms with Gasteiger partial charge in [0.25, 0.3) is 5.69 Å². The number of hydrogen-bond acceptors (Lipinski definition) is 2. The SMILES string of the molecule is O=[N+]([O-])c1ccc(Cl)cc1-c1cccc(Cl)c1. The van der Waals surface area contributed by atoms with Gasteiger partial charge in [-0.15, -0.1) is 0 Å². The molecule has 0 radical (unpaired) electrons. The highest BCUT2D eigenvalue weighted by Gasteiger charge is 2.15. The zero-order valence-corrected chi connectivity index (χ0v) is 10.1. The first-order chi connectivity index (χ1) is 8.08. The molecule has 0 heterocycles. The summed E-state index contributed by atoms with van der Waals surface area (Å²) in [6, 6.07) is 11.3. The van der Waals surface area contributed by atoms with Crippen LogP contribution in [-0.2, 0) is 0 Å². The van der Waals surface area contributed by atoms with E-state index in [0.717, 1.165) is 0 Å². The molecule has 0 fully saturated rings. The molecule has 0 aliphatic carbocycles. The van der Waals surface area contributed by atoms with Gasteiger partial charge in [-0.3, -0.25) is 10.1 Å². The second-order valence-corrected chi connectivity index (χ2v) is 4.30. The van der Waals surface area contributed by atoms with Gasteiger partial charge in [0.05, 0.1) is 10.5 Å². The Morgan fingerprint density at radius 1 is 1.00 bits per heavy atom. The maximum Gasteiger partial charge on any atom is 0.277 e. The van der Waals surface area contributed by atoms with Crippen molar-refractivity contribution in [3.8, 4) is 11.1 Å². The van der Waals surface area contributed by atoms with Gasteiger partial charge >= 0.3 is 0 Å². The highest BCUT2D eigenvalue weighted by atomic mass is 35.5. The van der Waals surface area contributed by atoms with Crippen molar-refractivity contribution in [2.45, 2.75) is 0 Å². The summed E-state index contributed by atoms with van der Waals surface area (Å²) in [5.41, 5.74) is 1.15. The topological polar surface area (TPSA) is 43.1 Å². The Balaban J connectivity index is 2.65. The van der Waals surface area contributed by atoms with Gasteiger partial charge in [-0.2, -0.15) is 0 Å². The fourth-order valence-corrected chi connectivity index (χ4v) is 1.92. The van der Waals surface area contributed by atoms with E-state index in [1.807, 2.05) is 0 Å². The molecular weight excluding hydrogens is 261 g/mol. The summed E-state index contributed by atoms with van der Waals surface area (Å²) in [4.78, 5) is 10.5. The molecule has 0 bridgehead atoms. The van der Waals surface area contributed by atoms with Crippen molar-refractivity contribution in [3.05, 3.63) is 62.6 Å². The third kappa shape index (κ3) is 2.57. The Kier molecular flexibility index (Phi) is 3.31. The first-order valence-electron chi connectivity index (χ1n) is 4.78. The highest BCUT2D eigenvalue weighted by Crippen LogP contribution is 2.33. The number of hydrogen-bond donors (Lipinski definition) is 0. The molecule has 5 heteroatoms. The summed E-state index contributed by atoms with van der Waals surface area (Å²) in [5, 5.41) is 11.9. The summed E-state index contributed by atoms with van der Waals surface area (Å²) in [6.07, 6.45) is 0. The van der Waals surface area contributed by atoms with Crippen LogP contribution in [-0.4, -0.2) is 4.92 Å². The van der Waals surface area contributed by atoms with E-state index in [1.165, 1.54) is 12.1 Å². The Morgan fingerprint density at radius 3 is 2.35 bits per heavy atom. The van der Waals surface area contributed by atoms with E-state index >= 15 is 0 Å². The van der Waals surface area contributed by atoms with Crippen molar-refractivity contribution in [2.75, 3.05) is 0 Å². The molecule has 0 N–H and O–H groups in total. The molecule has 17 heavy (non-hydrogen) atoms. The van der Waals surface area contributed by atoms with Crippen LogP contribution < -0.4 is 0 Å². The van der Waals surface area contributed by atoms with Crippen LogP contribution in [0.2, 0.25) is 10.0 Å². The standard InChI is InChI=1S/C12H7Cl2NO2/c13-9-3-1-2-8(6-9)11-7-10(14)4-5-12(11)15(16)17/h1-7H. The molecule has 0 aromatic heterocycles. The van der Waals surface area contributed by atoms with Gasteiger partial charge in [-0.25, -0.2) is 0 Å². The van der Waals surface area contributed by atoms with Gasteiger partial charge < -0.3 is 0 Å². The number of benzene rings is 2. The average molecular weight is 268 g/mol. The van der Waals surface area contributed by atoms with Crippen LogP contribution in [0.25, 0.3) is 11.1 Å². The molecule has 0 aliphatic rings. The first-order valence-corrected chi connectivity index (χ1v) is 5.53. The van der Waals surface area contributed by atoms with E-state index in [0.29, 0.717) is 21.2 Å². The fraction of sp³-hybridized carbons (Fsp3) is 0. The minimum atomic E-state index is -0.438. The Hall–Kier alpha value is -1.58. The second-order valence-electron chi connectivity index (χ2n) is 3.43. The van der Waals surface area contributed by atoms with E-state index < -0.39 is 4.92 Å². The van der Waals surface area contributed by atoms with Crippen LogP contribution in [0.3, 0.4) is 0 Å². The van der Waals surface area contributed by atoms with Crippen LogP contribution in [0.4, 0.5) is 5.69 Å². The molecule has 0 spiro atoms. The van der Waals surface area contributed by atoms with Crippen molar-refractivity contribution in [2.24, 2.45) is 0 Å². The predicted molar refractivity (Wildman–Crippen MR) is 68.6 cm³/mol. The molecule has 0 atom stereocenters. The lowest BCUT2D eigenvalue weighted by Gasteiger charge is -2.04. The van der Waals surface area contributed by atoms with Gasteiger partial charge in [-0.1, -0.05) is 35.3 Å². The maximum atomic E-state index is 10.9. The van der Waals surface area contributed by atoms with Gasteiger partial charge in [0, 0.05) is 16.1 Å². The Labute approximate surface area is 108 Å². The molecule has 3 nitrogen and oxygen atoms in total. The van der Waals surface area contributed by atoms with Crippen molar-refractivity contribution in [3.63, 3.8) is 0 Å². The Bertz CT molecular complexity index is 584. The zero-order valence-electron chi connectivity index (χ0n) is 8.56. The number of nitro groups is 1. The number of nitrogens with zero attached hydrogens (tertiary/aromatic N) is 1. The number of rotatable bonds is 2. The molecule has 2 aromatic carbocycles. The molecule has 86 valence electrons. The second kappa shape index (κ2) is 4.73. The smallest absolute Gasteiger partial charge is 0.258 e. The van der Waals surface area contributed by atoms with Gasteiger partial charge in [0.15, 0.2) is 0 Å². The summed E-state index contributed by atoms with van der Waals surface area (Å²) in [7, 11) is 0. The van der Waals surface area contributed by atoms with Crippen LogP contribution in [0, 0.1) is 10.1 Å². The number of nitro benzene ring substituents is 1. The minimum absolute atomic E-state index is 0.0108. The molecule has 0 saturated carbocycles. The molecule has 0 unspecified atom stereocenters. The van der Waals surface area contributed by atoms with Gasteiger partial charge in [0.2, 0.25) is 0 Å². The monoisotopic (exact) mass is 267 g/mol. The third-order valence-corrected chi connectivity index (χ3v) is 2.76. The lowest BCUT2D eigenvalue weighted by molar-refractivity contribution is -0.384. The van der Waals surface area contributed by atoms with Crippen LogP contribution in [0.5, 0.6) is 0 Å². The van der Waals surface area contributed by atoms with E-state index in [-0.39, 0.29) is 5.69 Å². The van der Waals surface area contributed by atoms with E-state index in [4.69, 9.17) is 23.2 Å². The third-order valence-electron chi connectivity index (χ3n) is 2.29. The summed E-state index contributed by atoms with van der Waals surface area (Å²) >= 11 is 11.7. The van der Waals surface area contributed by atoms with Crippen LogP contribution >= 0.6 is 23.2 Å². The van der Waals surface area contributed by atoms with Crippen molar-refractivity contribution < 1.29 is 4.92 Å². The average Bonchev–Trinajstić information content (AvgIpc) is 2.28. The fourth-order valence-electron chi connectivity index (χ4n) is 1.55. The molecule has 2 rings (SSSR count). The summed E-state index contributed by atoms with van der Waals surface area (Å²) in [5.74, 6) is 0. The van der Waals surface area contributed by atoms with Crippen LogP contribution in [0.1, 0.15) is 0 Å². The highest BCUT2D eigenvalue weighted by molar-refractivity contribution is 6.31. The predicted octanol–water partition coefficient (Wildman–Crippen LogP) is 4.57. The molecule has 0 amide bonds. The largest absolute Gasteiger partial charge is 0.277 e. The van der Waals surface area contributed by atoms with Crippen LogP contribution in [0.15, 0.2) is 42.5 Å². The Morgan fingerprint density at radius 2 is 1.71 bits per heavy atom. The van der Waals surface area contributed by atoms with Gasteiger partial charge in [0.1, 0.15) is 0 Å². The molecule has 2 aromatic rings. The minimum Gasteiger partial charge on any atom is -0.258 e. The quantitative estimate of drug-likeness (QED) is 0.591. The van der Waals surface area contributed by atoms with Crippen molar-refractivity contribution in [1.29, 1.82) is 0 Å². The van der Waals surface area contributed by atoms with Crippen molar-refractivity contribution in [1.82, 2.24) is 0 Å². The molecule has 0 saturated heterocycles. The first kappa shape index (κ1) is 11.9.